The highest BCUT2D eigenvalue weighted by atomic mass is 35.5. The van der Waals surface area contributed by atoms with Crippen LogP contribution >= 0.6 is 11.6 Å². The fraction of sp³-hybridized carbons (Fsp3) is 0.357. The van der Waals surface area contributed by atoms with Gasteiger partial charge < -0.3 is 14.8 Å². The summed E-state index contributed by atoms with van der Waals surface area (Å²) in [6, 6.07) is 9.81. The Morgan fingerprint density at radius 1 is 1.05 bits per heavy atom. The molecule has 1 aromatic heterocycles. The van der Waals surface area contributed by atoms with Crippen molar-refractivity contribution in [3.05, 3.63) is 35.6 Å². The Morgan fingerprint density at radius 2 is 1.86 bits per heavy atom. The maximum absolute atomic E-state index is 5.82. The van der Waals surface area contributed by atoms with Gasteiger partial charge in [0.05, 0.1) is 13.2 Å². The first kappa shape index (κ1) is 15.3. The van der Waals surface area contributed by atoms with Gasteiger partial charge in [-0.3, -0.25) is 0 Å². The molecule has 0 aliphatic carbocycles. The lowest BCUT2D eigenvalue weighted by atomic mass is 10.3. The first-order valence-electron chi connectivity index (χ1n) is 6.74. The van der Waals surface area contributed by atoms with Gasteiger partial charge in [-0.25, -0.2) is 0 Å². The molecule has 2 aromatic rings. The Balaban J connectivity index is 1.81. The van der Waals surface area contributed by atoms with Crippen molar-refractivity contribution in [3.8, 4) is 11.8 Å². The van der Waals surface area contributed by atoms with E-state index in [4.69, 9.17) is 21.1 Å². The summed E-state index contributed by atoms with van der Waals surface area (Å²) in [6.45, 7) is 3.57. The molecule has 7 heteroatoms. The van der Waals surface area contributed by atoms with Gasteiger partial charge >= 0.3 is 6.01 Å². The van der Waals surface area contributed by atoms with E-state index in [2.05, 4.69) is 20.3 Å². The van der Waals surface area contributed by atoms with Gasteiger partial charge in [0.25, 0.3) is 0 Å². The molecule has 0 spiro atoms. The number of para-hydroxylation sites is 1. The van der Waals surface area contributed by atoms with Crippen LogP contribution in [0.15, 0.2) is 30.3 Å². The number of ether oxygens (including phenoxy) is 2. The van der Waals surface area contributed by atoms with E-state index in [0.717, 1.165) is 12.2 Å². The molecule has 21 heavy (non-hydrogen) atoms. The van der Waals surface area contributed by atoms with Crippen molar-refractivity contribution < 1.29 is 9.47 Å². The van der Waals surface area contributed by atoms with E-state index in [-0.39, 0.29) is 11.3 Å². The molecule has 0 fully saturated rings. The molecule has 1 N–H and O–H groups in total. The first-order chi connectivity index (χ1) is 10.3. The molecular weight excluding hydrogens is 292 g/mol. The minimum Gasteiger partial charge on any atom is -0.492 e. The lowest BCUT2D eigenvalue weighted by molar-refractivity contribution is 0.291. The van der Waals surface area contributed by atoms with Crippen molar-refractivity contribution >= 4 is 17.5 Å². The standard InChI is InChI=1S/C14H17ClN4O2/c1-2-9-21-14-18-12(15)17-13(19-14)16-8-10-20-11-6-4-3-5-7-11/h3-7H,2,8-10H2,1H3,(H,16,17,18,19). The van der Waals surface area contributed by atoms with Crippen LogP contribution in [-0.2, 0) is 0 Å². The lowest BCUT2D eigenvalue weighted by Gasteiger charge is -2.08. The third kappa shape index (κ3) is 5.43. The number of nitrogens with zero attached hydrogens (tertiary/aromatic N) is 3. The Bertz CT molecular complexity index is 554. The van der Waals surface area contributed by atoms with Crippen molar-refractivity contribution in [1.82, 2.24) is 15.0 Å². The SMILES string of the molecule is CCCOc1nc(Cl)nc(NCCOc2ccccc2)n1. The largest absolute Gasteiger partial charge is 0.492 e. The average Bonchev–Trinajstić information content (AvgIpc) is 2.50. The zero-order valence-electron chi connectivity index (χ0n) is 11.8. The zero-order valence-corrected chi connectivity index (χ0v) is 12.5. The van der Waals surface area contributed by atoms with Crippen LogP contribution in [0.3, 0.4) is 0 Å². The molecular formula is C14H17ClN4O2. The molecule has 0 unspecified atom stereocenters. The summed E-state index contributed by atoms with van der Waals surface area (Å²) in [4.78, 5) is 12.0. The normalized spacial score (nSPS) is 10.2. The summed E-state index contributed by atoms with van der Waals surface area (Å²) < 4.78 is 10.9. The predicted octanol–water partition coefficient (Wildman–Crippen LogP) is 2.80. The topological polar surface area (TPSA) is 69.2 Å². The molecule has 0 radical (unpaired) electrons. The smallest absolute Gasteiger partial charge is 0.322 e. The van der Waals surface area contributed by atoms with E-state index in [0.29, 0.717) is 25.7 Å². The molecule has 0 saturated carbocycles. The number of aromatic nitrogens is 3. The molecule has 0 atom stereocenters. The number of hydrogen-bond acceptors (Lipinski definition) is 6. The van der Waals surface area contributed by atoms with Gasteiger partial charge in [0.2, 0.25) is 11.2 Å². The molecule has 0 saturated heterocycles. The first-order valence-corrected chi connectivity index (χ1v) is 7.12. The van der Waals surface area contributed by atoms with Crippen molar-refractivity contribution in [2.45, 2.75) is 13.3 Å². The summed E-state index contributed by atoms with van der Waals surface area (Å²) in [5.41, 5.74) is 0. The van der Waals surface area contributed by atoms with E-state index in [9.17, 15) is 0 Å². The van der Waals surface area contributed by atoms with Crippen LogP contribution in [0.25, 0.3) is 0 Å². The van der Waals surface area contributed by atoms with Crippen LogP contribution in [0.2, 0.25) is 5.28 Å². The molecule has 0 aliphatic rings. The summed E-state index contributed by atoms with van der Waals surface area (Å²) in [6.07, 6.45) is 0.872. The third-order valence-electron chi connectivity index (χ3n) is 2.42. The highest BCUT2D eigenvalue weighted by Gasteiger charge is 2.05. The van der Waals surface area contributed by atoms with Crippen molar-refractivity contribution in [1.29, 1.82) is 0 Å². The lowest BCUT2D eigenvalue weighted by Crippen LogP contribution is -2.14. The fourth-order valence-corrected chi connectivity index (χ4v) is 1.67. The highest BCUT2D eigenvalue weighted by molar-refractivity contribution is 6.28. The van der Waals surface area contributed by atoms with Crippen LogP contribution in [0.4, 0.5) is 5.95 Å². The number of nitrogens with one attached hydrogen (secondary N) is 1. The molecule has 2 rings (SSSR count). The highest BCUT2D eigenvalue weighted by Crippen LogP contribution is 2.12. The minimum atomic E-state index is 0.0996. The van der Waals surface area contributed by atoms with E-state index >= 15 is 0 Å². The van der Waals surface area contributed by atoms with Crippen LogP contribution in [0.5, 0.6) is 11.8 Å². The quantitative estimate of drug-likeness (QED) is 0.756. The number of hydrogen-bond donors (Lipinski definition) is 1. The molecule has 1 heterocycles. The number of anilines is 1. The molecule has 1 aromatic carbocycles. The summed E-state index contributed by atoms with van der Waals surface area (Å²) in [5, 5.41) is 3.12. The van der Waals surface area contributed by atoms with Crippen molar-refractivity contribution in [3.63, 3.8) is 0 Å². The third-order valence-corrected chi connectivity index (χ3v) is 2.59. The van der Waals surface area contributed by atoms with Gasteiger partial charge in [-0.1, -0.05) is 25.1 Å². The second-order valence-electron chi connectivity index (χ2n) is 4.15. The van der Waals surface area contributed by atoms with Gasteiger partial charge in [0, 0.05) is 0 Å². The van der Waals surface area contributed by atoms with Gasteiger partial charge in [0.15, 0.2) is 0 Å². The number of benzene rings is 1. The molecule has 112 valence electrons. The van der Waals surface area contributed by atoms with Crippen molar-refractivity contribution in [2.24, 2.45) is 0 Å². The van der Waals surface area contributed by atoms with Gasteiger partial charge in [0.1, 0.15) is 12.4 Å². The Kier molecular flexibility index (Phi) is 6.02. The van der Waals surface area contributed by atoms with Crippen LogP contribution in [-0.4, -0.2) is 34.7 Å². The maximum atomic E-state index is 5.82. The summed E-state index contributed by atoms with van der Waals surface area (Å²) in [7, 11) is 0. The minimum absolute atomic E-state index is 0.0996. The molecule has 0 aliphatic heterocycles. The second-order valence-corrected chi connectivity index (χ2v) is 4.49. The summed E-state index contributed by atoms with van der Waals surface area (Å²) in [5.74, 6) is 1.19. The second kappa shape index (κ2) is 8.26. The number of rotatable bonds is 8. The Hall–Kier alpha value is -2.08. The van der Waals surface area contributed by atoms with E-state index in [1.165, 1.54) is 0 Å². The van der Waals surface area contributed by atoms with E-state index < -0.39 is 0 Å². The summed E-state index contributed by atoms with van der Waals surface area (Å²) >= 11 is 5.82. The fourth-order valence-electron chi connectivity index (χ4n) is 1.52. The molecule has 0 amide bonds. The molecule has 6 nitrogen and oxygen atoms in total. The van der Waals surface area contributed by atoms with Crippen molar-refractivity contribution in [2.75, 3.05) is 25.1 Å². The average molecular weight is 309 g/mol. The van der Waals surface area contributed by atoms with Crippen LogP contribution in [0.1, 0.15) is 13.3 Å². The van der Waals surface area contributed by atoms with Crippen LogP contribution in [0, 0.1) is 0 Å². The molecule has 0 bridgehead atoms. The number of halogens is 1. The van der Waals surface area contributed by atoms with Gasteiger partial charge in [-0.05, 0) is 30.2 Å². The van der Waals surface area contributed by atoms with Gasteiger partial charge in [-0.2, -0.15) is 15.0 Å². The van der Waals surface area contributed by atoms with Gasteiger partial charge in [-0.15, -0.1) is 0 Å². The Labute approximate surface area is 128 Å². The maximum Gasteiger partial charge on any atom is 0.322 e. The predicted molar refractivity (Wildman–Crippen MR) is 81.0 cm³/mol. The van der Waals surface area contributed by atoms with E-state index in [1.807, 2.05) is 37.3 Å². The monoisotopic (exact) mass is 308 g/mol. The zero-order chi connectivity index (χ0) is 14.9. The van der Waals surface area contributed by atoms with E-state index in [1.54, 1.807) is 0 Å². The van der Waals surface area contributed by atoms with Crippen LogP contribution < -0.4 is 14.8 Å². The Morgan fingerprint density at radius 3 is 2.62 bits per heavy atom.